The van der Waals surface area contributed by atoms with E-state index < -0.39 is 5.37 Å². The predicted octanol–water partition coefficient (Wildman–Crippen LogP) is 2.78. The second-order valence-electron chi connectivity index (χ2n) is 5.80. The molecule has 1 aromatic carbocycles. The number of ether oxygens (including phenoxy) is 1. The molecule has 0 atom stereocenters. The Morgan fingerprint density at radius 2 is 2.23 bits per heavy atom. The van der Waals surface area contributed by atoms with Crippen LogP contribution < -0.4 is 4.74 Å². The number of carbonyl (C=O) groups excluding carboxylic acids is 1. The molecule has 1 aromatic rings. The maximum Gasteiger partial charge on any atom is 0.322 e. The molecule has 1 amide bonds. The molecule has 1 N–H and O–H groups in total. The van der Waals surface area contributed by atoms with Gasteiger partial charge in [0, 0.05) is 12.0 Å². The van der Waals surface area contributed by atoms with Gasteiger partial charge in [-0.1, -0.05) is 19.9 Å². The quantitative estimate of drug-likeness (QED) is 0.669. The van der Waals surface area contributed by atoms with E-state index >= 15 is 0 Å². The lowest BCUT2D eigenvalue weighted by Crippen LogP contribution is -2.31. The number of benzene rings is 1. The highest BCUT2D eigenvalue weighted by molar-refractivity contribution is 6.64. The van der Waals surface area contributed by atoms with Gasteiger partial charge in [0.05, 0.1) is 25.3 Å². The molecular weight excluding hydrogens is 304 g/mol. The zero-order valence-corrected chi connectivity index (χ0v) is 13.9. The van der Waals surface area contributed by atoms with Crippen molar-refractivity contribution >= 4 is 22.8 Å². The first-order valence-electron chi connectivity index (χ1n) is 7.30. The van der Waals surface area contributed by atoms with Crippen molar-refractivity contribution in [3.8, 4) is 5.75 Å². The van der Waals surface area contributed by atoms with Crippen LogP contribution in [0, 0.1) is 0 Å². The van der Waals surface area contributed by atoms with Crippen molar-refractivity contribution in [3.63, 3.8) is 0 Å². The van der Waals surface area contributed by atoms with Crippen LogP contribution in [0.1, 0.15) is 31.9 Å². The SMILES string of the molecule is CCOc1cc(C(C)(C)CO)ccc1C1=NCCN1C(=O)Cl. The molecule has 0 unspecified atom stereocenters. The number of nitrogens with zero attached hydrogens (tertiary/aromatic N) is 2. The van der Waals surface area contributed by atoms with Gasteiger partial charge in [-0.15, -0.1) is 0 Å². The normalized spacial score (nSPS) is 15.0. The fraction of sp³-hybridized carbons (Fsp3) is 0.500. The smallest absolute Gasteiger partial charge is 0.322 e. The highest BCUT2D eigenvalue weighted by Crippen LogP contribution is 2.30. The predicted molar refractivity (Wildman–Crippen MR) is 87.1 cm³/mol. The molecule has 1 aliphatic heterocycles. The van der Waals surface area contributed by atoms with Crippen molar-refractivity contribution < 1.29 is 14.6 Å². The second kappa shape index (κ2) is 6.67. The Morgan fingerprint density at radius 1 is 1.50 bits per heavy atom. The minimum Gasteiger partial charge on any atom is -0.493 e. The van der Waals surface area contributed by atoms with Gasteiger partial charge in [-0.25, -0.2) is 0 Å². The molecule has 0 bridgehead atoms. The zero-order chi connectivity index (χ0) is 16.3. The molecule has 0 aliphatic carbocycles. The van der Waals surface area contributed by atoms with Crippen LogP contribution in [0.5, 0.6) is 5.75 Å². The van der Waals surface area contributed by atoms with Crippen LogP contribution in [-0.2, 0) is 5.41 Å². The molecular formula is C16H21ClN2O3. The number of amides is 1. The standard InChI is InChI=1S/C16H21ClN2O3/c1-4-22-13-9-11(16(2,3)10-20)5-6-12(13)14-18-7-8-19(14)15(17)21/h5-6,9,20H,4,7-8,10H2,1-3H3. The lowest BCUT2D eigenvalue weighted by atomic mass is 9.85. The Balaban J connectivity index is 2.46. The highest BCUT2D eigenvalue weighted by atomic mass is 35.5. The lowest BCUT2D eigenvalue weighted by molar-refractivity contribution is 0.218. The summed E-state index contributed by atoms with van der Waals surface area (Å²) in [4.78, 5) is 17.3. The fourth-order valence-corrected chi connectivity index (χ4v) is 2.51. The number of aliphatic imine (C=N–C) groups is 1. The van der Waals surface area contributed by atoms with Crippen molar-refractivity contribution in [3.05, 3.63) is 29.3 Å². The lowest BCUT2D eigenvalue weighted by Gasteiger charge is -2.24. The molecule has 5 nitrogen and oxygen atoms in total. The summed E-state index contributed by atoms with van der Waals surface area (Å²) < 4.78 is 5.71. The molecule has 22 heavy (non-hydrogen) atoms. The van der Waals surface area contributed by atoms with Crippen LogP contribution in [-0.4, -0.2) is 47.5 Å². The van der Waals surface area contributed by atoms with E-state index in [4.69, 9.17) is 16.3 Å². The van der Waals surface area contributed by atoms with Gasteiger partial charge in [-0.05, 0) is 36.2 Å². The maximum atomic E-state index is 11.5. The third kappa shape index (κ3) is 3.25. The number of hydrogen-bond donors (Lipinski definition) is 1. The molecule has 1 heterocycles. The first kappa shape index (κ1) is 16.8. The summed E-state index contributed by atoms with van der Waals surface area (Å²) in [7, 11) is 0. The number of rotatable bonds is 5. The van der Waals surface area contributed by atoms with E-state index in [2.05, 4.69) is 4.99 Å². The summed E-state index contributed by atoms with van der Waals surface area (Å²) in [6.45, 7) is 7.35. The summed E-state index contributed by atoms with van der Waals surface area (Å²) in [5.74, 6) is 1.18. The molecule has 2 rings (SSSR count). The van der Waals surface area contributed by atoms with Crippen molar-refractivity contribution in [1.29, 1.82) is 0 Å². The molecule has 120 valence electrons. The summed E-state index contributed by atoms with van der Waals surface area (Å²) in [5.41, 5.74) is 1.33. The van der Waals surface area contributed by atoms with Gasteiger partial charge in [0.1, 0.15) is 11.6 Å². The van der Waals surface area contributed by atoms with E-state index in [0.717, 1.165) is 11.1 Å². The van der Waals surface area contributed by atoms with Crippen LogP contribution in [0.15, 0.2) is 23.2 Å². The molecule has 1 aliphatic rings. The number of hydrogen-bond acceptors (Lipinski definition) is 4. The summed E-state index contributed by atoms with van der Waals surface area (Å²) in [6, 6.07) is 5.69. The van der Waals surface area contributed by atoms with E-state index in [9.17, 15) is 9.90 Å². The Hall–Kier alpha value is -1.59. The number of aliphatic hydroxyl groups excluding tert-OH is 1. The second-order valence-corrected chi connectivity index (χ2v) is 6.12. The van der Waals surface area contributed by atoms with Gasteiger partial charge >= 0.3 is 5.37 Å². The third-order valence-electron chi connectivity index (χ3n) is 3.75. The summed E-state index contributed by atoms with van der Waals surface area (Å²) in [5, 5.41) is 8.99. The Morgan fingerprint density at radius 3 is 2.82 bits per heavy atom. The van der Waals surface area contributed by atoms with Crippen molar-refractivity contribution in [2.24, 2.45) is 4.99 Å². The Labute approximate surface area is 135 Å². The Bertz CT molecular complexity index is 599. The molecule has 0 saturated heterocycles. The van der Waals surface area contributed by atoms with Gasteiger partial charge in [-0.3, -0.25) is 14.7 Å². The van der Waals surface area contributed by atoms with Gasteiger partial charge in [0.15, 0.2) is 0 Å². The van der Waals surface area contributed by atoms with E-state index in [1.165, 1.54) is 4.90 Å². The minimum atomic E-state index is -0.543. The first-order chi connectivity index (χ1) is 10.4. The average molecular weight is 325 g/mol. The maximum absolute atomic E-state index is 11.5. The topological polar surface area (TPSA) is 62.1 Å². The molecule has 0 aromatic heterocycles. The van der Waals surface area contributed by atoms with Crippen molar-refractivity contribution in [2.75, 3.05) is 26.3 Å². The van der Waals surface area contributed by atoms with Gasteiger partial charge < -0.3 is 9.84 Å². The van der Waals surface area contributed by atoms with Crippen LogP contribution in [0.4, 0.5) is 4.79 Å². The van der Waals surface area contributed by atoms with Crippen LogP contribution in [0.2, 0.25) is 0 Å². The monoisotopic (exact) mass is 324 g/mol. The molecule has 0 radical (unpaired) electrons. The van der Waals surface area contributed by atoms with Crippen LogP contribution in [0.25, 0.3) is 0 Å². The third-order valence-corrected chi connectivity index (χ3v) is 3.96. The number of carbonyl (C=O) groups is 1. The molecule has 0 fully saturated rings. The number of halogens is 1. The largest absolute Gasteiger partial charge is 0.493 e. The van der Waals surface area contributed by atoms with E-state index in [1.807, 2.05) is 39.0 Å². The molecule has 0 spiro atoms. The molecule has 6 heteroatoms. The zero-order valence-electron chi connectivity index (χ0n) is 13.1. The summed E-state index contributed by atoms with van der Waals surface area (Å²) in [6.07, 6.45) is 0. The average Bonchev–Trinajstić information content (AvgIpc) is 2.97. The minimum absolute atomic E-state index is 0.0329. The number of amidine groups is 1. The van der Waals surface area contributed by atoms with Crippen molar-refractivity contribution in [1.82, 2.24) is 4.90 Å². The van der Waals surface area contributed by atoms with Gasteiger partial charge in [-0.2, -0.15) is 0 Å². The van der Waals surface area contributed by atoms with E-state index in [-0.39, 0.29) is 12.0 Å². The van der Waals surface area contributed by atoms with Crippen LogP contribution in [0.3, 0.4) is 0 Å². The van der Waals surface area contributed by atoms with Crippen LogP contribution >= 0.6 is 11.6 Å². The summed E-state index contributed by atoms with van der Waals surface area (Å²) >= 11 is 5.62. The van der Waals surface area contributed by atoms with E-state index in [1.54, 1.807) is 0 Å². The van der Waals surface area contributed by atoms with Gasteiger partial charge in [0.2, 0.25) is 0 Å². The van der Waals surface area contributed by atoms with E-state index in [0.29, 0.717) is 31.3 Å². The number of aliphatic hydroxyl groups is 1. The first-order valence-corrected chi connectivity index (χ1v) is 7.68. The van der Waals surface area contributed by atoms with Crippen molar-refractivity contribution in [2.45, 2.75) is 26.2 Å². The Kier molecular flexibility index (Phi) is 5.08. The fourth-order valence-electron chi connectivity index (χ4n) is 2.34. The molecule has 0 saturated carbocycles. The highest BCUT2D eigenvalue weighted by Gasteiger charge is 2.27. The van der Waals surface area contributed by atoms with Gasteiger partial charge in [0.25, 0.3) is 0 Å².